The summed E-state index contributed by atoms with van der Waals surface area (Å²) in [5.74, 6) is -2.40. The molecule has 20 heavy (non-hydrogen) atoms. The maximum Gasteiger partial charge on any atom is 0.326 e. The van der Waals surface area contributed by atoms with Gasteiger partial charge in [-0.3, -0.25) is 4.79 Å². The standard InChI is InChI=1S/C12H22N2O6/c1-2-3-6-14(7-8-15)12(20)13-9(11(18)19)4-5-10(16)17/h9,15H,2-8H2,1H3,(H,13,20)(H,16,17)(H,18,19)/t9-/m0/s1. The van der Waals surface area contributed by atoms with Crippen LogP contribution in [0.1, 0.15) is 32.6 Å². The third-order valence-electron chi connectivity index (χ3n) is 2.68. The molecule has 8 heteroatoms. The molecule has 0 bridgehead atoms. The van der Waals surface area contributed by atoms with Crippen LogP contribution in [0.3, 0.4) is 0 Å². The van der Waals surface area contributed by atoms with Crippen molar-refractivity contribution >= 4 is 18.0 Å². The third kappa shape index (κ3) is 7.57. The number of rotatable bonds is 10. The van der Waals surface area contributed by atoms with Crippen molar-refractivity contribution in [3.05, 3.63) is 0 Å². The first kappa shape index (κ1) is 18.2. The number of amides is 2. The summed E-state index contributed by atoms with van der Waals surface area (Å²) >= 11 is 0. The van der Waals surface area contributed by atoms with Gasteiger partial charge in [0.1, 0.15) is 6.04 Å². The van der Waals surface area contributed by atoms with Crippen LogP contribution in [0.4, 0.5) is 4.79 Å². The molecular weight excluding hydrogens is 268 g/mol. The smallest absolute Gasteiger partial charge is 0.326 e. The van der Waals surface area contributed by atoms with E-state index < -0.39 is 24.0 Å². The monoisotopic (exact) mass is 290 g/mol. The van der Waals surface area contributed by atoms with E-state index >= 15 is 0 Å². The lowest BCUT2D eigenvalue weighted by Crippen LogP contribution is -2.49. The molecule has 0 saturated heterocycles. The van der Waals surface area contributed by atoms with Gasteiger partial charge >= 0.3 is 18.0 Å². The summed E-state index contributed by atoms with van der Waals surface area (Å²) in [5.41, 5.74) is 0. The normalized spacial score (nSPS) is 11.7. The number of aliphatic carboxylic acids is 2. The van der Waals surface area contributed by atoms with Crippen LogP contribution in [0, 0.1) is 0 Å². The maximum atomic E-state index is 11.9. The van der Waals surface area contributed by atoms with Crippen LogP contribution >= 0.6 is 0 Å². The Morgan fingerprint density at radius 2 is 1.85 bits per heavy atom. The molecule has 1 atom stereocenters. The summed E-state index contributed by atoms with van der Waals surface area (Å²) in [6.45, 7) is 2.25. The van der Waals surface area contributed by atoms with Crippen LogP contribution in [-0.4, -0.2) is 63.9 Å². The van der Waals surface area contributed by atoms with Gasteiger partial charge in [0, 0.05) is 19.5 Å². The molecule has 0 saturated carbocycles. The van der Waals surface area contributed by atoms with Crippen molar-refractivity contribution in [3.8, 4) is 0 Å². The van der Waals surface area contributed by atoms with Gasteiger partial charge in [0.15, 0.2) is 0 Å². The molecular formula is C12H22N2O6. The highest BCUT2D eigenvalue weighted by atomic mass is 16.4. The number of carboxylic acids is 2. The molecule has 0 fully saturated rings. The lowest BCUT2D eigenvalue weighted by Gasteiger charge is -2.24. The predicted molar refractivity (Wildman–Crippen MR) is 70.4 cm³/mol. The molecule has 0 aliphatic rings. The molecule has 0 aromatic rings. The summed E-state index contributed by atoms with van der Waals surface area (Å²) < 4.78 is 0. The number of carbonyl (C=O) groups excluding carboxylic acids is 1. The molecule has 116 valence electrons. The number of unbranched alkanes of at least 4 members (excludes halogenated alkanes) is 1. The fourth-order valence-corrected chi connectivity index (χ4v) is 1.55. The summed E-state index contributed by atoms with van der Waals surface area (Å²) in [7, 11) is 0. The summed E-state index contributed by atoms with van der Waals surface area (Å²) in [6, 6.07) is -1.85. The second-order valence-corrected chi connectivity index (χ2v) is 4.34. The second-order valence-electron chi connectivity index (χ2n) is 4.34. The van der Waals surface area contributed by atoms with E-state index in [0.29, 0.717) is 6.54 Å². The van der Waals surface area contributed by atoms with Crippen molar-refractivity contribution in [2.75, 3.05) is 19.7 Å². The molecule has 0 aromatic carbocycles. The predicted octanol–water partition coefficient (Wildman–Crippen LogP) is 0.108. The first-order valence-electron chi connectivity index (χ1n) is 6.53. The zero-order valence-electron chi connectivity index (χ0n) is 11.5. The minimum absolute atomic E-state index is 0.108. The summed E-state index contributed by atoms with van der Waals surface area (Å²) in [4.78, 5) is 34.6. The van der Waals surface area contributed by atoms with Crippen LogP contribution in [0.25, 0.3) is 0 Å². The minimum atomic E-state index is -1.28. The van der Waals surface area contributed by atoms with Crippen molar-refractivity contribution in [1.29, 1.82) is 0 Å². The van der Waals surface area contributed by atoms with E-state index in [0.717, 1.165) is 12.8 Å². The molecule has 0 aliphatic carbocycles. The van der Waals surface area contributed by atoms with Gasteiger partial charge in [-0.1, -0.05) is 13.3 Å². The molecule has 0 spiro atoms. The number of aliphatic hydroxyl groups is 1. The van der Waals surface area contributed by atoms with E-state index in [1.165, 1.54) is 4.90 Å². The third-order valence-corrected chi connectivity index (χ3v) is 2.68. The van der Waals surface area contributed by atoms with Crippen molar-refractivity contribution in [1.82, 2.24) is 10.2 Å². The zero-order valence-corrected chi connectivity index (χ0v) is 11.5. The van der Waals surface area contributed by atoms with Gasteiger partial charge in [-0.05, 0) is 12.8 Å². The van der Waals surface area contributed by atoms with Crippen LogP contribution < -0.4 is 5.32 Å². The number of hydrogen-bond donors (Lipinski definition) is 4. The number of nitrogens with one attached hydrogen (secondary N) is 1. The Morgan fingerprint density at radius 1 is 1.20 bits per heavy atom. The van der Waals surface area contributed by atoms with E-state index in [-0.39, 0.29) is 26.0 Å². The molecule has 0 aliphatic heterocycles. The maximum absolute atomic E-state index is 11.9. The molecule has 4 N–H and O–H groups in total. The van der Waals surface area contributed by atoms with Gasteiger partial charge in [0.05, 0.1) is 6.61 Å². The Kier molecular flexibility index (Phi) is 9.10. The molecule has 0 unspecified atom stereocenters. The summed E-state index contributed by atoms with van der Waals surface area (Å²) in [6.07, 6.45) is 1.07. The first-order valence-corrected chi connectivity index (χ1v) is 6.53. The molecule has 0 heterocycles. The van der Waals surface area contributed by atoms with Crippen molar-refractivity contribution in [2.24, 2.45) is 0 Å². The minimum Gasteiger partial charge on any atom is -0.481 e. The van der Waals surface area contributed by atoms with Gasteiger partial charge in [-0.2, -0.15) is 0 Å². The lowest BCUT2D eigenvalue weighted by molar-refractivity contribution is -0.140. The Balaban J connectivity index is 4.52. The molecule has 8 nitrogen and oxygen atoms in total. The average Bonchev–Trinajstić information content (AvgIpc) is 2.38. The van der Waals surface area contributed by atoms with E-state index in [1.807, 2.05) is 6.92 Å². The molecule has 2 amide bonds. The van der Waals surface area contributed by atoms with Crippen molar-refractivity contribution < 1.29 is 29.7 Å². The Morgan fingerprint density at radius 3 is 2.30 bits per heavy atom. The fourth-order valence-electron chi connectivity index (χ4n) is 1.55. The Bertz CT molecular complexity index is 334. The van der Waals surface area contributed by atoms with Crippen LogP contribution in [0.5, 0.6) is 0 Å². The number of nitrogens with zero attached hydrogens (tertiary/aromatic N) is 1. The Labute approximate surface area is 117 Å². The lowest BCUT2D eigenvalue weighted by atomic mass is 10.1. The fraction of sp³-hybridized carbons (Fsp3) is 0.750. The molecule has 0 aromatic heterocycles. The van der Waals surface area contributed by atoms with Crippen LogP contribution in [0.2, 0.25) is 0 Å². The van der Waals surface area contributed by atoms with E-state index in [2.05, 4.69) is 5.32 Å². The summed E-state index contributed by atoms with van der Waals surface area (Å²) in [5, 5.41) is 28.7. The number of urea groups is 1. The van der Waals surface area contributed by atoms with Gasteiger partial charge in [-0.15, -0.1) is 0 Å². The average molecular weight is 290 g/mol. The number of hydrogen-bond acceptors (Lipinski definition) is 4. The van der Waals surface area contributed by atoms with E-state index in [4.69, 9.17) is 15.3 Å². The molecule has 0 radical (unpaired) electrons. The quantitative estimate of drug-likeness (QED) is 0.452. The van der Waals surface area contributed by atoms with Crippen LogP contribution in [-0.2, 0) is 9.59 Å². The topological polar surface area (TPSA) is 127 Å². The first-order chi connectivity index (χ1) is 9.42. The largest absolute Gasteiger partial charge is 0.481 e. The van der Waals surface area contributed by atoms with Gasteiger partial charge in [-0.25, -0.2) is 9.59 Å². The van der Waals surface area contributed by atoms with Crippen molar-refractivity contribution in [2.45, 2.75) is 38.6 Å². The molecule has 0 rings (SSSR count). The SMILES string of the molecule is CCCCN(CCO)C(=O)N[C@@H](CCC(=O)O)C(=O)O. The highest BCUT2D eigenvalue weighted by Crippen LogP contribution is 2.01. The Hall–Kier alpha value is -1.83. The zero-order chi connectivity index (χ0) is 15.5. The van der Waals surface area contributed by atoms with Gasteiger partial charge in [0.25, 0.3) is 0 Å². The van der Waals surface area contributed by atoms with E-state index in [1.54, 1.807) is 0 Å². The van der Waals surface area contributed by atoms with E-state index in [9.17, 15) is 14.4 Å². The van der Waals surface area contributed by atoms with Crippen molar-refractivity contribution in [3.63, 3.8) is 0 Å². The number of aliphatic hydroxyl groups excluding tert-OH is 1. The second kappa shape index (κ2) is 10.0. The van der Waals surface area contributed by atoms with Gasteiger partial charge < -0.3 is 25.5 Å². The highest BCUT2D eigenvalue weighted by Gasteiger charge is 2.23. The highest BCUT2D eigenvalue weighted by molar-refractivity contribution is 5.83. The number of carboxylic acid groups (broad SMARTS) is 2. The van der Waals surface area contributed by atoms with Gasteiger partial charge in [0.2, 0.25) is 0 Å². The van der Waals surface area contributed by atoms with Crippen LogP contribution in [0.15, 0.2) is 0 Å². The number of carbonyl (C=O) groups is 3.